The lowest BCUT2D eigenvalue weighted by Crippen LogP contribution is -2.28. The number of thioether (sulfide) groups is 1. The van der Waals surface area contributed by atoms with Gasteiger partial charge < -0.3 is 10.1 Å². The van der Waals surface area contributed by atoms with Crippen LogP contribution in [0.15, 0.2) is 47.6 Å². The summed E-state index contributed by atoms with van der Waals surface area (Å²) in [4.78, 5) is 16.6. The monoisotopic (exact) mass is 430 g/mol. The van der Waals surface area contributed by atoms with Crippen LogP contribution in [0.2, 0.25) is 5.02 Å². The number of ether oxygens (including phenoxy) is 1. The quantitative estimate of drug-likeness (QED) is 0.509. The zero-order valence-electron chi connectivity index (χ0n) is 16.5. The van der Waals surface area contributed by atoms with E-state index in [1.165, 1.54) is 22.9 Å². The number of hydrogen-bond acceptors (Lipinski definition) is 5. The first-order chi connectivity index (χ1) is 13.9. The summed E-state index contributed by atoms with van der Waals surface area (Å²) in [6.45, 7) is 6.38. The van der Waals surface area contributed by atoms with Gasteiger partial charge in [-0.15, -0.1) is 5.10 Å². The molecule has 0 bridgehead atoms. The number of aryl methyl sites for hydroxylation is 2. The van der Waals surface area contributed by atoms with E-state index in [4.69, 9.17) is 16.3 Å². The van der Waals surface area contributed by atoms with Crippen LogP contribution in [0.5, 0.6) is 5.75 Å². The van der Waals surface area contributed by atoms with Crippen molar-refractivity contribution in [3.63, 3.8) is 0 Å². The molecule has 3 rings (SSSR count). The maximum Gasteiger partial charge on any atom is 0.230 e. The minimum absolute atomic E-state index is 0.0575. The molecular formula is C21H23ClN4O2S. The van der Waals surface area contributed by atoms with Crippen LogP contribution in [0, 0.1) is 13.8 Å². The number of halogens is 1. The normalized spacial score (nSPS) is 11.9. The van der Waals surface area contributed by atoms with Gasteiger partial charge >= 0.3 is 0 Å². The van der Waals surface area contributed by atoms with Gasteiger partial charge in [0.15, 0.2) is 5.82 Å². The van der Waals surface area contributed by atoms with Crippen molar-refractivity contribution in [1.29, 1.82) is 0 Å². The number of hydrogen-bond donors (Lipinski definition) is 2. The second-order valence-electron chi connectivity index (χ2n) is 6.73. The molecule has 1 unspecified atom stereocenters. The lowest BCUT2D eigenvalue weighted by atomic mass is 10.0. The summed E-state index contributed by atoms with van der Waals surface area (Å²) in [6, 6.07) is 13.3. The summed E-state index contributed by atoms with van der Waals surface area (Å²) in [5, 5.41) is 11.1. The Morgan fingerprint density at radius 1 is 1.21 bits per heavy atom. The third-order valence-corrected chi connectivity index (χ3v) is 5.54. The molecule has 8 heteroatoms. The molecule has 0 aliphatic rings. The molecule has 0 aliphatic heterocycles. The number of nitrogens with one attached hydrogen (secondary N) is 2. The van der Waals surface area contributed by atoms with Crippen molar-refractivity contribution in [3.8, 4) is 5.75 Å². The number of rotatable bonds is 8. The third-order valence-electron chi connectivity index (χ3n) is 4.44. The molecule has 1 atom stereocenters. The first-order valence-corrected chi connectivity index (χ1v) is 10.6. The summed E-state index contributed by atoms with van der Waals surface area (Å²) in [5.74, 6) is 1.46. The van der Waals surface area contributed by atoms with E-state index < -0.39 is 0 Å². The molecule has 29 heavy (non-hydrogen) atoms. The van der Waals surface area contributed by atoms with Crippen molar-refractivity contribution in [2.75, 3.05) is 5.75 Å². The van der Waals surface area contributed by atoms with Crippen LogP contribution < -0.4 is 10.1 Å². The van der Waals surface area contributed by atoms with Gasteiger partial charge in [0.2, 0.25) is 11.1 Å². The Morgan fingerprint density at radius 2 is 1.97 bits per heavy atom. The Balaban J connectivity index is 1.45. The summed E-state index contributed by atoms with van der Waals surface area (Å²) < 4.78 is 5.62. The van der Waals surface area contributed by atoms with Gasteiger partial charge in [-0.25, -0.2) is 4.98 Å². The van der Waals surface area contributed by atoms with Gasteiger partial charge in [0.1, 0.15) is 12.4 Å². The molecule has 3 aromatic rings. The molecule has 0 spiro atoms. The molecule has 1 aromatic heterocycles. The van der Waals surface area contributed by atoms with Crippen LogP contribution in [0.25, 0.3) is 0 Å². The zero-order chi connectivity index (χ0) is 20.8. The van der Waals surface area contributed by atoms with E-state index >= 15 is 0 Å². The average Bonchev–Trinajstić information content (AvgIpc) is 3.16. The average molecular weight is 431 g/mol. The number of aromatic amines is 1. The molecule has 0 radical (unpaired) electrons. The molecule has 0 fully saturated rings. The van der Waals surface area contributed by atoms with Crippen molar-refractivity contribution in [2.45, 2.75) is 38.6 Å². The summed E-state index contributed by atoms with van der Waals surface area (Å²) >= 11 is 7.13. The van der Waals surface area contributed by atoms with E-state index in [1.807, 2.05) is 13.0 Å². The van der Waals surface area contributed by atoms with Crippen LogP contribution in [-0.2, 0) is 11.4 Å². The number of carbonyl (C=O) groups excluding carboxylic acids is 1. The van der Waals surface area contributed by atoms with E-state index in [0.29, 0.717) is 21.8 Å². The standard InChI is InChI=1S/C21H23ClN4O2S/c1-13-4-5-16(10-14(13)2)15(3)23-20(27)12-29-21-24-19(25-26-21)11-28-18-8-6-17(22)7-9-18/h4-10,15H,11-12H2,1-3H3,(H,23,27)(H,24,25,26). The van der Waals surface area contributed by atoms with Crippen molar-refractivity contribution in [3.05, 3.63) is 70.0 Å². The zero-order valence-corrected chi connectivity index (χ0v) is 18.1. The Bertz CT molecular complexity index is 975. The highest BCUT2D eigenvalue weighted by Gasteiger charge is 2.12. The second kappa shape index (κ2) is 9.80. The summed E-state index contributed by atoms with van der Waals surface area (Å²) in [5.41, 5.74) is 3.54. The lowest BCUT2D eigenvalue weighted by molar-refractivity contribution is -0.119. The Labute approximate surface area is 179 Å². The first-order valence-electron chi connectivity index (χ1n) is 9.19. The number of H-pyrrole nitrogens is 1. The molecule has 1 amide bonds. The molecule has 0 saturated heterocycles. The van der Waals surface area contributed by atoms with Gasteiger partial charge in [-0.2, -0.15) is 0 Å². The number of aromatic nitrogens is 3. The number of amides is 1. The van der Waals surface area contributed by atoms with Crippen LogP contribution >= 0.6 is 23.4 Å². The maximum absolute atomic E-state index is 12.3. The number of nitrogens with zero attached hydrogens (tertiary/aromatic N) is 2. The van der Waals surface area contributed by atoms with Crippen LogP contribution in [0.1, 0.15) is 35.5 Å². The van der Waals surface area contributed by atoms with Gasteiger partial charge in [0.05, 0.1) is 11.8 Å². The van der Waals surface area contributed by atoms with Crippen molar-refractivity contribution < 1.29 is 9.53 Å². The summed E-state index contributed by atoms with van der Waals surface area (Å²) in [6.07, 6.45) is 0. The van der Waals surface area contributed by atoms with E-state index in [2.05, 4.69) is 46.5 Å². The number of benzene rings is 2. The molecule has 2 aromatic carbocycles. The Kier molecular flexibility index (Phi) is 7.17. The van der Waals surface area contributed by atoms with Gasteiger partial charge in [0.25, 0.3) is 0 Å². The van der Waals surface area contributed by atoms with Gasteiger partial charge in [-0.3, -0.25) is 9.89 Å². The SMILES string of the molecule is Cc1ccc(C(C)NC(=O)CSc2n[nH]c(COc3ccc(Cl)cc3)n2)cc1C. The van der Waals surface area contributed by atoms with E-state index in [9.17, 15) is 4.79 Å². The topological polar surface area (TPSA) is 79.9 Å². The number of carbonyl (C=O) groups is 1. The highest BCUT2D eigenvalue weighted by molar-refractivity contribution is 7.99. The largest absolute Gasteiger partial charge is 0.486 e. The molecule has 0 aliphatic carbocycles. The van der Waals surface area contributed by atoms with Crippen molar-refractivity contribution in [2.24, 2.45) is 0 Å². The molecule has 6 nitrogen and oxygen atoms in total. The third kappa shape index (κ3) is 6.24. The minimum atomic E-state index is -0.0653. The van der Waals surface area contributed by atoms with E-state index in [1.54, 1.807) is 24.3 Å². The predicted molar refractivity (Wildman–Crippen MR) is 115 cm³/mol. The minimum Gasteiger partial charge on any atom is -0.486 e. The molecule has 2 N–H and O–H groups in total. The van der Waals surface area contributed by atoms with Crippen LogP contribution in [-0.4, -0.2) is 26.8 Å². The molecule has 0 saturated carbocycles. The second-order valence-corrected chi connectivity index (χ2v) is 8.11. The first kappa shape index (κ1) is 21.2. The van der Waals surface area contributed by atoms with E-state index in [0.717, 1.165) is 5.56 Å². The van der Waals surface area contributed by atoms with E-state index in [-0.39, 0.29) is 24.3 Å². The highest BCUT2D eigenvalue weighted by atomic mass is 35.5. The fourth-order valence-electron chi connectivity index (χ4n) is 2.62. The predicted octanol–water partition coefficient (Wildman–Crippen LogP) is 4.62. The smallest absolute Gasteiger partial charge is 0.230 e. The lowest BCUT2D eigenvalue weighted by Gasteiger charge is -2.15. The molecule has 1 heterocycles. The van der Waals surface area contributed by atoms with Crippen molar-refractivity contribution >= 4 is 29.3 Å². The van der Waals surface area contributed by atoms with Gasteiger partial charge in [-0.05, 0) is 61.7 Å². The molecular weight excluding hydrogens is 408 g/mol. The van der Waals surface area contributed by atoms with Crippen LogP contribution in [0.3, 0.4) is 0 Å². The van der Waals surface area contributed by atoms with Crippen molar-refractivity contribution in [1.82, 2.24) is 20.5 Å². The highest BCUT2D eigenvalue weighted by Crippen LogP contribution is 2.19. The van der Waals surface area contributed by atoms with Gasteiger partial charge in [0, 0.05) is 5.02 Å². The Morgan fingerprint density at radius 3 is 2.69 bits per heavy atom. The molecule has 152 valence electrons. The van der Waals surface area contributed by atoms with Gasteiger partial charge in [-0.1, -0.05) is 41.6 Å². The van der Waals surface area contributed by atoms with Crippen LogP contribution in [0.4, 0.5) is 0 Å². The maximum atomic E-state index is 12.3. The Hall–Kier alpha value is -2.51. The fourth-order valence-corrected chi connectivity index (χ4v) is 3.37. The summed E-state index contributed by atoms with van der Waals surface area (Å²) in [7, 11) is 0. The fraction of sp³-hybridized carbons (Fsp3) is 0.286.